The van der Waals surface area contributed by atoms with Crippen LogP contribution in [-0.2, 0) is 6.54 Å². The Hall–Kier alpha value is -2.43. The van der Waals surface area contributed by atoms with Crippen molar-refractivity contribution in [2.75, 3.05) is 5.32 Å². The summed E-state index contributed by atoms with van der Waals surface area (Å²) in [5, 5.41) is 3.31. The fourth-order valence-corrected chi connectivity index (χ4v) is 2.25. The molecular formula is C14H15N5. The predicted molar refractivity (Wildman–Crippen MR) is 74.9 cm³/mol. The monoisotopic (exact) mass is 253 g/mol. The van der Waals surface area contributed by atoms with Gasteiger partial charge in [0.05, 0.1) is 6.33 Å². The molecule has 96 valence electrons. The Bertz CT molecular complexity index is 696. The summed E-state index contributed by atoms with van der Waals surface area (Å²) < 4.78 is 0. The Morgan fingerprint density at radius 2 is 1.84 bits per heavy atom. The molecule has 0 spiro atoms. The van der Waals surface area contributed by atoms with E-state index in [9.17, 15) is 0 Å². The van der Waals surface area contributed by atoms with Crippen LogP contribution in [0.1, 0.15) is 16.7 Å². The molecule has 2 N–H and O–H groups in total. The molecule has 0 atom stereocenters. The number of aromatic nitrogens is 4. The van der Waals surface area contributed by atoms with E-state index in [1.165, 1.54) is 23.0 Å². The summed E-state index contributed by atoms with van der Waals surface area (Å²) in [4.78, 5) is 15.5. The molecule has 0 unspecified atom stereocenters. The predicted octanol–water partition coefficient (Wildman–Crippen LogP) is 2.58. The van der Waals surface area contributed by atoms with Gasteiger partial charge in [-0.05, 0) is 19.4 Å². The van der Waals surface area contributed by atoms with Gasteiger partial charge in [-0.2, -0.15) is 0 Å². The molecule has 19 heavy (non-hydrogen) atoms. The Morgan fingerprint density at radius 1 is 1.05 bits per heavy atom. The molecule has 0 radical (unpaired) electrons. The number of rotatable bonds is 3. The van der Waals surface area contributed by atoms with Crippen LogP contribution in [-0.4, -0.2) is 19.9 Å². The second-order valence-electron chi connectivity index (χ2n) is 4.67. The van der Waals surface area contributed by atoms with Crippen molar-refractivity contribution in [3.63, 3.8) is 0 Å². The topological polar surface area (TPSA) is 66.5 Å². The SMILES string of the molecule is Cc1cc(C)cc(CNc2ncnc3[nH]cnc23)c1. The summed E-state index contributed by atoms with van der Waals surface area (Å²) in [7, 11) is 0. The first-order valence-electron chi connectivity index (χ1n) is 6.17. The van der Waals surface area contributed by atoms with E-state index >= 15 is 0 Å². The van der Waals surface area contributed by atoms with E-state index in [1.807, 2.05) is 0 Å². The highest BCUT2D eigenvalue weighted by Crippen LogP contribution is 2.16. The molecule has 5 nitrogen and oxygen atoms in total. The molecular weight excluding hydrogens is 238 g/mol. The molecule has 0 bridgehead atoms. The largest absolute Gasteiger partial charge is 0.364 e. The van der Waals surface area contributed by atoms with Gasteiger partial charge in [0.15, 0.2) is 11.5 Å². The number of aromatic amines is 1. The molecule has 0 aliphatic carbocycles. The zero-order valence-electron chi connectivity index (χ0n) is 10.9. The lowest BCUT2D eigenvalue weighted by molar-refractivity contribution is 1.09. The minimum Gasteiger partial charge on any atom is -0.364 e. The fraction of sp³-hybridized carbons (Fsp3) is 0.214. The van der Waals surface area contributed by atoms with Crippen molar-refractivity contribution < 1.29 is 0 Å². The van der Waals surface area contributed by atoms with Crippen molar-refractivity contribution >= 4 is 17.0 Å². The van der Waals surface area contributed by atoms with Gasteiger partial charge in [0.1, 0.15) is 11.8 Å². The van der Waals surface area contributed by atoms with Crippen LogP contribution < -0.4 is 5.32 Å². The van der Waals surface area contributed by atoms with E-state index in [0.717, 1.165) is 23.5 Å². The number of H-pyrrole nitrogens is 1. The van der Waals surface area contributed by atoms with E-state index < -0.39 is 0 Å². The first kappa shape index (κ1) is 11.6. The van der Waals surface area contributed by atoms with E-state index in [0.29, 0.717) is 0 Å². The molecule has 3 rings (SSSR count). The molecule has 0 amide bonds. The van der Waals surface area contributed by atoms with Crippen LogP contribution in [0, 0.1) is 13.8 Å². The fourth-order valence-electron chi connectivity index (χ4n) is 2.25. The minimum absolute atomic E-state index is 0.724. The number of imidazole rings is 1. The highest BCUT2D eigenvalue weighted by atomic mass is 15.1. The molecule has 0 aliphatic rings. The number of hydrogen-bond donors (Lipinski definition) is 2. The minimum atomic E-state index is 0.724. The maximum Gasteiger partial charge on any atom is 0.162 e. The lowest BCUT2D eigenvalue weighted by atomic mass is 10.1. The smallest absolute Gasteiger partial charge is 0.162 e. The van der Waals surface area contributed by atoms with E-state index in [1.54, 1.807) is 6.33 Å². The highest BCUT2D eigenvalue weighted by Gasteiger charge is 2.05. The Morgan fingerprint density at radius 3 is 2.63 bits per heavy atom. The zero-order valence-corrected chi connectivity index (χ0v) is 10.9. The average molecular weight is 253 g/mol. The summed E-state index contributed by atoms with van der Waals surface area (Å²) >= 11 is 0. The summed E-state index contributed by atoms with van der Waals surface area (Å²) in [6.45, 7) is 4.93. The number of nitrogens with zero attached hydrogens (tertiary/aromatic N) is 3. The maximum absolute atomic E-state index is 4.23. The van der Waals surface area contributed by atoms with Crippen LogP contribution in [0.25, 0.3) is 11.2 Å². The third-order valence-electron chi connectivity index (χ3n) is 2.96. The lowest BCUT2D eigenvalue weighted by Gasteiger charge is -2.07. The van der Waals surface area contributed by atoms with Crippen molar-refractivity contribution in [2.45, 2.75) is 20.4 Å². The highest BCUT2D eigenvalue weighted by molar-refractivity contribution is 5.81. The quantitative estimate of drug-likeness (QED) is 0.753. The molecule has 1 aromatic carbocycles. The van der Waals surface area contributed by atoms with E-state index in [4.69, 9.17) is 0 Å². The molecule has 0 saturated carbocycles. The number of aryl methyl sites for hydroxylation is 2. The van der Waals surface area contributed by atoms with Gasteiger partial charge in [0.2, 0.25) is 0 Å². The number of anilines is 1. The van der Waals surface area contributed by atoms with Crippen molar-refractivity contribution in [2.24, 2.45) is 0 Å². The third kappa shape index (κ3) is 2.40. The molecule has 2 aromatic heterocycles. The van der Waals surface area contributed by atoms with Crippen LogP contribution in [0.4, 0.5) is 5.82 Å². The van der Waals surface area contributed by atoms with Crippen LogP contribution in [0.5, 0.6) is 0 Å². The number of fused-ring (bicyclic) bond motifs is 1. The third-order valence-corrected chi connectivity index (χ3v) is 2.96. The normalized spacial score (nSPS) is 10.8. The van der Waals surface area contributed by atoms with Crippen LogP contribution >= 0.6 is 0 Å². The zero-order chi connectivity index (χ0) is 13.2. The van der Waals surface area contributed by atoms with Crippen molar-refractivity contribution in [3.05, 3.63) is 47.5 Å². The summed E-state index contributed by atoms with van der Waals surface area (Å²) in [6, 6.07) is 6.51. The van der Waals surface area contributed by atoms with Crippen LogP contribution in [0.3, 0.4) is 0 Å². The van der Waals surface area contributed by atoms with E-state index in [-0.39, 0.29) is 0 Å². The molecule has 0 fully saturated rings. The van der Waals surface area contributed by atoms with Gasteiger partial charge in [0.25, 0.3) is 0 Å². The number of nitrogens with one attached hydrogen (secondary N) is 2. The van der Waals surface area contributed by atoms with Gasteiger partial charge in [-0.15, -0.1) is 0 Å². The van der Waals surface area contributed by atoms with Gasteiger partial charge in [-0.3, -0.25) is 0 Å². The van der Waals surface area contributed by atoms with Crippen LogP contribution in [0.2, 0.25) is 0 Å². The molecule has 0 saturated heterocycles. The van der Waals surface area contributed by atoms with Crippen molar-refractivity contribution in [3.8, 4) is 0 Å². The summed E-state index contributed by atoms with van der Waals surface area (Å²) in [5.41, 5.74) is 5.29. The molecule has 5 heteroatoms. The Balaban J connectivity index is 1.84. The van der Waals surface area contributed by atoms with Crippen molar-refractivity contribution in [1.82, 2.24) is 19.9 Å². The number of benzene rings is 1. The second-order valence-corrected chi connectivity index (χ2v) is 4.67. The Labute approximate surface area is 111 Å². The summed E-state index contributed by atoms with van der Waals surface area (Å²) in [6.07, 6.45) is 3.16. The van der Waals surface area contributed by atoms with Gasteiger partial charge in [-0.25, -0.2) is 15.0 Å². The van der Waals surface area contributed by atoms with Crippen LogP contribution in [0.15, 0.2) is 30.9 Å². The Kier molecular flexibility index (Phi) is 2.87. The lowest BCUT2D eigenvalue weighted by Crippen LogP contribution is -2.03. The molecule has 0 aliphatic heterocycles. The average Bonchev–Trinajstić information content (AvgIpc) is 2.83. The van der Waals surface area contributed by atoms with Gasteiger partial charge < -0.3 is 10.3 Å². The maximum atomic E-state index is 4.23. The first-order chi connectivity index (χ1) is 9.22. The first-order valence-corrected chi connectivity index (χ1v) is 6.17. The summed E-state index contributed by atoms with van der Waals surface area (Å²) in [5.74, 6) is 0.755. The molecule has 2 heterocycles. The van der Waals surface area contributed by atoms with Crippen molar-refractivity contribution in [1.29, 1.82) is 0 Å². The van der Waals surface area contributed by atoms with Gasteiger partial charge in [0, 0.05) is 6.54 Å². The van der Waals surface area contributed by atoms with Gasteiger partial charge in [-0.1, -0.05) is 29.3 Å². The van der Waals surface area contributed by atoms with E-state index in [2.05, 4.69) is 57.3 Å². The number of hydrogen-bond acceptors (Lipinski definition) is 4. The second kappa shape index (κ2) is 4.68. The molecule has 3 aromatic rings. The van der Waals surface area contributed by atoms with Gasteiger partial charge >= 0.3 is 0 Å². The standard InChI is InChI=1S/C14H15N5/c1-9-3-10(2)5-11(4-9)6-15-13-12-14(17-7-16-12)19-8-18-13/h3-5,7-8H,6H2,1-2H3,(H2,15,16,17,18,19).